The minimum atomic E-state index is -0.362. The summed E-state index contributed by atoms with van der Waals surface area (Å²) in [7, 11) is 0. The molecule has 0 unspecified atom stereocenters. The molecule has 1 aromatic carbocycles. The molecule has 2 heterocycles. The van der Waals surface area contributed by atoms with Crippen LogP contribution in [0.2, 0.25) is 0 Å². The summed E-state index contributed by atoms with van der Waals surface area (Å²) in [5.74, 6) is 1.05. The van der Waals surface area contributed by atoms with Gasteiger partial charge in [0.1, 0.15) is 5.69 Å². The highest BCUT2D eigenvalue weighted by Gasteiger charge is 2.19. The van der Waals surface area contributed by atoms with E-state index in [1.54, 1.807) is 17.7 Å². The van der Waals surface area contributed by atoms with Crippen molar-refractivity contribution in [2.24, 2.45) is 0 Å². The second-order valence-corrected chi connectivity index (χ2v) is 4.52. The lowest BCUT2D eigenvalue weighted by molar-refractivity contribution is 0.0512. The van der Waals surface area contributed by atoms with E-state index in [1.165, 1.54) is 0 Å². The molecule has 1 aromatic heterocycles. The van der Waals surface area contributed by atoms with Crippen LogP contribution in [-0.4, -0.2) is 29.1 Å². The summed E-state index contributed by atoms with van der Waals surface area (Å²) in [5.41, 5.74) is 2.03. The molecule has 0 amide bonds. The van der Waals surface area contributed by atoms with Crippen molar-refractivity contribution in [1.82, 2.24) is 9.78 Å². The van der Waals surface area contributed by atoms with Crippen molar-refractivity contribution in [2.45, 2.75) is 20.4 Å². The Kier molecular flexibility index (Phi) is 3.51. The summed E-state index contributed by atoms with van der Waals surface area (Å²) in [5, 5.41) is 4.45. The maximum Gasteiger partial charge on any atom is 0.356 e. The van der Waals surface area contributed by atoms with Gasteiger partial charge in [-0.1, -0.05) is 0 Å². The monoisotopic (exact) mass is 288 g/mol. The Morgan fingerprint density at radius 2 is 2.10 bits per heavy atom. The van der Waals surface area contributed by atoms with E-state index in [4.69, 9.17) is 14.2 Å². The van der Waals surface area contributed by atoms with Gasteiger partial charge in [0.2, 0.25) is 6.79 Å². The van der Waals surface area contributed by atoms with E-state index in [-0.39, 0.29) is 12.8 Å². The van der Waals surface area contributed by atoms with Crippen molar-refractivity contribution in [3.8, 4) is 22.8 Å². The van der Waals surface area contributed by atoms with Gasteiger partial charge in [-0.15, -0.1) is 0 Å². The minimum Gasteiger partial charge on any atom is -0.461 e. The van der Waals surface area contributed by atoms with Crippen molar-refractivity contribution < 1.29 is 19.0 Å². The standard InChI is InChI=1S/C15H16N2O4/c1-3-17-12(15(18)19-4-2)8-11(16-17)10-5-6-13-14(7-10)21-9-20-13/h5-8H,3-4,9H2,1-2H3. The molecular formula is C15H16N2O4. The van der Waals surface area contributed by atoms with Crippen LogP contribution in [0.1, 0.15) is 24.3 Å². The molecule has 6 heteroatoms. The Hall–Kier alpha value is -2.50. The summed E-state index contributed by atoms with van der Waals surface area (Å²) >= 11 is 0. The lowest BCUT2D eigenvalue weighted by atomic mass is 10.1. The highest BCUT2D eigenvalue weighted by molar-refractivity contribution is 5.89. The molecular weight excluding hydrogens is 272 g/mol. The zero-order valence-corrected chi connectivity index (χ0v) is 12.0. The average molecular weight is 288 g/mol. The van der Waals surface area contributed by atoms with Crippen LogP contribution in [0, 0.1) is 0 Å². The Balaban J connectivity index is 1.97. The lowest BCUT2D eigenvalue weighted by Gasteiger charge is -2.02. The van der Waals surface area contributed by atoms with Crippen molar-refractivity contribution >= 4 is 5.97 Å². The van der Waals surface area contributed by atoms with Gasteiger partial charge in [0.15, 0.2) is 11.5 Å². The van der Waals surface area contributed by atoms with E-state index in [9.17, 15) is 4.79 Å². The maximum absolute atomic E-state index is 11.9. The molecule has 1 aliphatic rings. The SMILES string of the molecule is CCOC(=O)c1cc(-c2ccc3c(c2)OCO3)nn1CC. The average Bonchev–Trinajstić information content (AvgIpc) is 3.13. The molecule has 0 saturated heterocycles. The summed E-state index contributed by atoms with van der Waals surface area (Å²) in [6.45, 7) is 4.88. The first-order valence-corrected chi connectivity index (χ1v) is 6.88. The first-order valence-electron chi connectivity index (χ1n) is 6.88. The predicted molar refractivity (Wildman–Crippen MR) is 75.4 cm³/mol. The third-order valence-corrected chi connectivity index (χ3v) is 3.23. The van der Waals surface area contributed by atoms with Crippen LogP contribution < -0.4 is 9.47 Å². The highest BCUT2D eigenvalue weighted by atomic mass is 16.7. The van der Waals surface area contributed by atoms with Gasteiger partial charge >= 0.3 is 5.97 Å². The van der Waals surface area contributed by atoms with Gasteiger partial charge in [-0.25, -0.2) is 4.79 Å². The van der Waals surface area contributed by atoms with Crippen LogP contribution in [0.5, 0.6) is 11.5 Å². The molecule has 0 radical (unpaired) electrons. The fourth-order valence-electron chi connectivity index (χ4n) is 2.22. The number of nitrogens with zero attached hydrogens (tertiary/aromatic N) is 2. The van der Waals surface area contributed by atoms with Crippen LogP contribution >= 0.6 is 0 Å². The number of carbonyl (C=O) groups is 1. The van der Waals surface area contributed by atoms with Gasteiger partial charge in [0.25, 0.3) is 0 Å². The molecule has 3 rings (SSSR count). The van der Waals surface area contributed by atoms with Crippen LogP contribution in [0.15, 0.2) is 24.3 Å². The van der Waals surface area contributed by atoms with Gasteiger partial charge < -0.3 is 14.2 Å². The molecule has 0 saturated carbocycles. The molecule has 0 spiro atoms. The van der Waals surface area contributed by atoms with E-state index in [0.717, 1.165) is 11.3 Å². The largest absolute Gasteiger partial charge is 0.461 e. The molecule has 0 bridgehead atoms. The van der Waals surface area contributed by atoms with E-state index >= 15 is 0 Å². The molecule has 21 heavy (non-hydrogen) atoms. The minimum absolute atomic E-state index is 0.232. The van der Waals surface area contributed by atoms with Crippen LogP contribution in [0.25, 0.3) is 11.3 Å². The number of esters is 1. The highest BCUT2D eigenvalue weighted by Crippen LogP contribution is 2.35. The molecule has 0 N–H and O–H groups in total. The normalized spacial score (nSPS) is 12.5. The fraction of sp³-hybridized carbons (Fsp3) is 0.333. The number of hydrogen-bond acceptors (Lipinski definition) is 5. The zero-order chi connectivity index (χ0) is 14.8. The number of benzene rings is 1. The molecule has 2 aromatic rings. The summed E-state index contributed by atoms with van der Waals surface area (Å²) < 4.78 is 17.3. The summed E-state index contributed by atoms with van der Waals surface area (Å²) in [6.07, 6.45) is 0. The lowest BCUT2D eigenvalue weighted by Crippen LogP contribution is -2.12. The van der Waals surface area contributed by atoms with Crippen LogP contribution in [-0.2, 0) is 11.3 Å². The zero-order valence-electron chi connectivity index (χ0n) is 12.0. The summed E-state index contributed by atoms with van der Waals surface area (Å²) in [4.78, 5) is 11.9. The number of ether oxygens (including phenoxy) is 3. The fourth-order valence-corrected chi connectivity index (χ4v) is 2.22. The first kappa shape index (κ1) is 13.5. The van der Waals surface area contributed by atoms with Gasteiger partial charge in [-0.2, -0.15) is 5.10 Å². The second kappa shape index (κ2) is 5.47. The quantitative estimate of drug-likeness (QED) is 0.809. The van der Waals surface area contributed by atoms with E-state index in [1.807, 2.05) is 25.1 Å². The van der Waals surface area contributed by atoms with Crippen molar-refractivity contribution in [2.75, 3.05) is 13.4 Å². The van der Waals surface area contributed by atoms with Crippen LogP contribution in [0.3, 0.4) is 0 Å². The second-order valence-electron chi connectivity index (χ2n) is 4.52. The molecule has 0 atom stereocenters. The third kappa shape index (κ3) is 2.44. The van der Waals surface area contributed by atoms with Gasteiger partial charge in [0, 0.05) is 12.1 Å². The van der Waals surface area contributed by atoms with E-state index < -0.39 is 0 Å². The first-order chi connectivity index (χ1) is 10.2. The van der Waals surface area contributed by atoms with E-state index in [0.29, 0.717) is 30.3 Å². The Morgan fingerprint density at radius 1 is 1.29 bits per heavy atom. The molecule has 110 valence electrons. The Bertz CT molecular complexity index is 678. The molecule has 1 aliphatic heterocycles. The molecule has 0 fully saturated rings. The van der Waals surface area contributed by atoms with Crippen molar-refractivity contribution in [1.29, 1.82) is 0 Å². The Labute approximate surface area is 122 Å². The number of aryl methyl sites for hydroxylation is 1. The van der Waals surface area contributed by atoms with Crippen LogP contribution in [0.4, 0.5) is 0 Å². The van der Waals surface area contributed by atoms with E-state index in [2.05, 4.69) is 5.10 Å². The molecule has 6 nitrogen and oxygen atoms in total. The Morgan fingerprint density at radius 3 is 2.86 bits per heavy atom. The smallest absolute Gasteiger partial charge is 0.356 e. The van der Waals surface area contributed by atoms with Gasteiger partial charge in [-0.05, 0) is 38.1 Å². The van der Waals surface area contributed by atoms with Crippen molar-refractivity contribution in [3.05, 3.63) is 30.0 Å². The number of hydrogen-bond donors (Lipinski definition) is 0. The number of aromatic nitrogens is 2. The van der Waals surface area contributed by atoms with Gasteiger partial charge in [-0.3, -0.25) is 4.68 Å². The third-order valence-electron chi connectivity index (χ3n) is 3.23. The van der Waals surface area contributed by atoms with Gasteiger partial charge in [0.05, 0.1) is 12.3 Å². The number of carbonyl (C=O) groups excluding carboxylic acids is 1. The number of rotatable bonds is 4. The maximum atomic E-state index is 11.9. The summed E-state index contributed by atoms with van der Waals surface area (Å²) in [6, 6.07) is 7.33. The predicted octanol–water partition coefficient (Wildman–Crippen LogP) is 2.48. The number of fused-ring (bicyclic) bond motifs is 1. The molecule has 0 aliphatic carbocycles. The topological polar surface area (TPSA) is 62.6 Å². The van der Waals surface area contributed by atoms with Crippen molar-refractivity contribution in [3.63, 3.8) is 0 Å².